The molecule has 0 heterocycles. The van der Waals surface area contributed by atoms with Gasteiger partial charge in [-0.2, -0.15) is 0 Å². The largest absolute Gasteiger partial charge is 0.369 e. The van der Waals surface area contributed by atoms with Gasteiger partial charge in [0.1, 0.15) is 0 Å². The maximum absolute atomic E-state index is 12.7. The van der Waals surface area contributed by atoms with E-state index in [1.807, 2.05) is 19.1 Å². The Morgan fingerprint density at radius 1 is 1.04 bits per heavy atom. The molecular formula is C20H21BrCl2N2O2. The molecule has 144 valence electrons. The quantitative estimate of drug-likeness (QED) is 0.408. The smallest absolute Gasteiger partial charge is 0.255 e. The van der Waals surface area contributed by atoms with Crippen LogP contribution in [0.15, 0.2) is 42.5 Å². The Bertz CT molecular complexity index is 808. The number of carbonyl (C=O) groups is 2. The van der Waals surface area contributed by atoms with E-state index in [2.05, 4.69) is 26.1 Å². The van der Waals surface area contributed by atoms with Gasteiger partial charge in [0.15, 0.2) is 5.78 Å². The van der Waals surface area contributed by atoms with Crippen LogP contribution in [0, 0.1) is 6.92 Å². The van der Waals surface area contributed by atoms with E-state index in [-0.39, 0.29) is 17.0 Å². The van der Waals surface area contributed by atoms with E-state index in [0.29, 0.717) is 41.7 Å². The first-order valence-corrected chi connectivity index (χ1v) is 10.7. The Hall–Kier alpha value is -1.56. The average molecular weight is 472 g/mol. The molecule has 2 aromatic carbocycles. The molecule has 0 aliphatic rings. The van der Waals surface area contributed by atoms with Gasteiger partial charge in [-0.25, -0.2) is 0 Å². The number of halogens is 3. The van der Waals surface area contributed by atoms with Crippen molar-refractivity contribution < 1.29 is 9.59 Å². The first kappa shape index (κ1) is 21.7. The second-order valence-corrected chi connectivity index (χ2v) is 7.27. The number of alkyl halides is 3. The number of amides is 1. The second kappa shape index (κ2) is 10.7. The molecule has 0 bridgehead atoms. The minimum Gasteiger partial charge on any atom is -0.369 e. The summed E-state index contributed by atoms with van der Waals surface area (Å²) in [5, 5.41) is 3.09. The summed E-state index contributed by atoms with van der Waals surface area (Å²) < 4.78 is 0. The van der Waals surface area contributed by atoms with Gasteiger partial charge in [0.25, 0.3) is 5.91 Å². The summed E-state index contributed by atoms with van der Waals surface area (Å²) in [4.78, 5) is 26.6. The first-order chi connectivity index (χ1) is 13.0. The summed E-state index contributed by atoms with van der Waals surface area (Å²) in [5.41, 5.74) is 3.64. The molecule has 4 nitrogen and oxygen atoms in total. The molecule has 0 radical (unpaired) electrons. The van der Waals surface area contributed by atoms with Crippen molar-refractivity contribution in [3.63, 3.8) is 0 Å². The molecule has 7 heteroatoms. The van der Waals surface area contributed by atoms with Crippen LogP contribution in [0.2, 0.25) is 0 Å². The molecule has 0 saturated carbocycles. The maximum atomic E-state index is 12.7. The van der Waals surface area contributed by atoms with Gasteiger partial charge in [-0.1, -0.05) is 34.1 Å². The lowest BCUT2D eigenvalue weighted by Gasteiger charge is -2.25. The number of rotatable bonds is 9. The number of nitrogens with zero attached hydrogens (tertiary/aromatic N) is 1. The van der Waals surface area contributed by atoms with Crippen LogP contribution in [-0.2, 0) is 0 Å². The lowest BCUT2D eigenvalue weighted by Crippen LogP contribution is -2.28. The minimum atomic E-state index is -0.239. The van der Waals surface area contributed by atoms with Crippen LogP contribution >= 0.6 is 39.1 Å². The molecule has 27 heavy (non-hydrogen) atoms. The van der Waals surface area contributed by atoms with Gasteiger partial charge in [0.2, 0.25) is 0 Å². The summed E-state index contributed by atoms with van der Waals surface area (Å²) in [6, 6.07) is 12.4. The Labute approximate surface area is 178 Å². The molecule has 0 aliphatic carbocycles. The molecule has 0 unspecified atom stereocenters. The number of nitrogens with one attached hydrogen (secondary N) is 1. The number of aryl methyl sites for hydroxylation is 1. The predicted molar refractivity (Wildman–Crippen MR) is 117 cm³/mol. The Balaban J connectivity index is 2.24. The fourth-order valence-electron chi connectivity index (χ4n) is 2.70. The standard InChI is InChI=1S/C20H21BrCl2N2O2/c1-14-5-6-16(12-18(14)25(9-7-22)10-8-23)20(27)24-17-4-2-3-15(11-17)19(26)13-21/h2-6,11-12H,7-10,13H2,1H3,(H,24,27). The number of hydrogen-bond donors (Lipinski definition) is 1. The van der Waals surface area contributed by atoms with E-state index in [1.54, 1.807) is 30.3 Å². The van der Waals surface area contributed by atoms with Crippen LogP contribution < -0.4 is 10.2 Å². The summed E-state index contributed by atoms with van der Waals surface area (Å²) >= 11 is 15.0. The van der Waals surface area contributed by atoms with Crippen LogP contribution in [-0.4, -0.2) is 41.9 Å². The van der Waals surface area contributed by atoms with Gasteiger partial charge in [-0.15, -0.1) is 23.2 Å². The van der Waals surface area contributed by atoms with Gasteiger partial charge in [-0.3, -0.25) is 9.59 Å². The van der Waals surface area contributed by atoms with Crippen LogP contribution in [0.4, 0.5) is 11.4 Å². The molecule has 0 saturated heterocycles. The lowest BCUT2D eigenvalue weighted by atomic mass is 10.1. The van der Waals surface area contributed by atoms with Crippen LogP contribution in [0.3, 0.4) is 0 Å². The van der Waals surface area contributed by atoms with Crippen molar-refractivity contribution >= 4 is 62.2 Å². The molecule has 2 rings (SSSR count). The monoisotopic (exact) mass is 470 g/mol. The van der Waals surface area contributed by atoms with Crippen molar-refractivity contribution in [2.75, 3.05) is 40.4 Å². The Morgan fingerprint density at radius 2 is 1.74 bits per heavy atom. The van der Waals surface area contributed by atoms with Crippen LogP contribution in [0.25, 0.3) is 0 Å². The van der Waals surface area contributed by atoms with Crippen molar-refractivity contribution in [2.24, 2.45) is 0 Å². The highest BCUT2D eigenvalue weighted by molar-refractivity contribution is 9.09. The third-order valence-corrected chi connectivity index (χ3v) is 4.93. The zero-order valence-electron chi connectivity index (χ0n) is 15.0. The summed E-state index contributed by atoms with van der Waals surface area (Å²) in [7, 11) is 0. The Morgan fingerprint density at radius 3 is 2.37 bits per heavy atom. The number of hydrogen-bond acceptors (Lipinski definition) is 3. The highest BCUT2D eigenvalue weighted by Gasteiger charge is 2.14. The lowest BCUT2D eigenvalue weighted by molar-refractivity contribution is 0.101. The molecule has 0 aromatic heterocycles. The molecule has 0 spiro atoms. The van der Waals surface area contributed by atoms with Crippen LogP contribution in [0.1, 0.15) is 26.3 Å². The zero-order valence-corrected chi connectivity index (χ0v) is 18.1. The van der Waals surface area contributed by atoms with Crippen molar-refractivity contribution in [3.8, 4) is 0 Å². The average Bonchev–Trinajstić information content (AvgIpc) is 2.67. The SMILES string of the molecule is Cc1ccc(C(=O)Nc2cccc(C(=O)CBr)c2)cc1N(CCCl)CCCl. The highest BCUT2D eigenvalue weighted by atomic mass is 79.9. The fourth-order valence-corrected chi connectivity index (χ4v) is 3.43. The molecule has 1 N–H and O–H groups in total. The summed E-state index contributed by atoms with van der Waals surface area (Å²) in [6.45, 7) is 3.29. The van der Waals surface area contributed by atoms with Crippen molar-refractivity contribution in [3.05, 3.63) is 59.2 Å². The van der Waals surface area contributed by atoms with Gasteiger partial charge < -0.3 is 10.2 Å². The molecule has 0 fully saturated rings. The van der Waals surface area contributed by atoms with Crippen LogP contribution in [0.5, 0.6) is 0 Å². The molecule has 2 aromatic rings. The van der Waals surface area contributed by atoms with Gasteiger partial charge in [0.05, 0.1) is 5.33 Å². The normalized spacial score (nSPS) is 10.5. The van der Waals surface area contributed by atoms with Crippen molar-refractivity contribution in [2.45, 2.75) is 6.92 Å². The number of ketones is 1. The zero-order chi connectivity index (χ0) is 19.8. The summed E-state index contributed by atoms with van der Waals surface area (Å²) in [5.74, 6) is 0.667. The Kier molecular flexibility index (Phi) is 8.61. The summed E-state index contributed by atoms with van der Waals surface area (Å²) in [6.07, 6.45) is 0. The number of anilines is 2. The molecule has 0 atom stereocenters. The van der Waals surface area contributed by atoms with E-state index in [9.17, 15) is 9.59 Å². The molecular weight excluding hydrogens is 451 g/mol. The maximum Gasteiger partial charge on any atom is 0.255 e. The van der Waals surface area contributed by atoms with Gasteiger partial charge in [-0.05, 0) is 36.8 Å². The minimum absolute atomic E-state index is 0.0403. The molecule has 1 amide bonds. The topological polar surface area (TPSA) is 49.4 Å². The van der Waals surface area contributed by atoms with Crippen molar-refractivity contribution in [1.29, 1.82) is 0 Å². The second-order valence-electron chi connectivity index (χ2n) is 5.96. The van der Waals surface area contributed by atoms with E-state index in [0.717, 1.165) is 11.3 Å². The van der Waals surface area contributed by atoms with Gasteiger partial charge in [0, 0.05) is 47.4 Å². The number of benzene rings is 2. The highest BCUT2D eigenvalue weighted by Crippen LogP contribution is 2.23. The number of Topliss-reactive ketones (excluding diaryl/α,β-unsaturated/α-hetero) is 1. The van der Waals surface area contributed by atoms with Gasteiger partial charge >= 0.3 is 0 Å². The van der Waals surface area contributed by atoms with E-state index >= 15 is 0 Å². The van der Waals surface area contributed by atoms with E-state index in [4.69, 9.17) is 23.2 Å². The van der Waals surface area contributed by atoms with E-state index < -0.39 is 0 Å². The molecule has 0 aliphatic heterocycles. The predicted octanol–water partition coefficient (Wildman–Crippen LogP) is 5.11. The van der Waals surface area contributed by atoms with E-state index in [1.165, 1.54) is 0 Å². The first-order valence-electron chi connectivity index (χ1n) is 8.48. The van der Waals surface area contributed by atoms with Crippen molar-refractivity contribution in [1.82, 2.24) is 0 Å². The third-order valence-electron chi connectivity index (χ3n) is 4.08. The number of carbonyl (C=O) groups excluding carboxylic acids is 2. The fraction of sp³-hybridized carbons (Fsp3) is 0.300. The third kappa shape index (κ3) is 5.96.